The van der Waals surface area contributed by atoms with E-state index in [1.807, 2.05) is 62.4 Å². The number of Topliss-reactive ketones (excluding diaryl/α,β-unsaturated/α-hetero) is 1. The highest BCUT2D eigenvalue weighted by atomic mass is 16.5. The zero-order valence-corrected chi connectivity index (χ0v) is 17.1. The fraction of sp³-hybridized carbons (Fsp3) is 0.348. The summed E-state index contributed by atoms with van der Waals surface area (Å²) in [5.74, 6) is -2.72. The van der Waals surface area contributed by atoms with E-state index in [2.05, 4.69) is 10.9 Å². The summed E-state index contributed by atoms with van der Waals surface area (Å²) in [6.07, 6.45) is 0.371. The minimum absolute atomic E-state index is 0.0650. The van der Waals surface area contributed by atoms with Crippen molar-refractivity contribution >= 4 is 17.7 Å². The minimum Gasteiger partial charge on any atom is -0.480 e. The van der Waals surface area contributed by atoms with Crippen LogP contribution in [0.2, 0.25) is 0 Å². The number of aliphatic carboxylic acids is 1. The number of nitrogens with one attached hydrogen (secondary N) is 2. The van der Waals surface area contributed by atoms with E-state index in [1.165, 1.54) is 0 Å². The molecular formula is C23H26N2O5. The first-order valence-corrected chi connectivity index (χ1v) is 9.97. The first-order chi connectivity index (χ1) is 14.4. The molecule has 158 valence electrons. The lowest BCUT2D eigenvalue weighted by atomic mass is 9.98. The number of hydrogen-bond donors (Lipinski definition) is 3. The molecule has 0 fully saturated rings. The van der Waals surface area contributed by atoms with Gasteiger partial charge in [0.1, 0.15) is 13.2 Å². The van der Waals surface area contributed by atoms with Crippen molar-refractivity contribution in [1.29, 1.82) is 0 Å². The fourth-order valence-electron chi connectivity index (χ4n) is 3.76. The quantitative estimate of drug-likeness (QED) is 0.314. The molecule has 3 N–H and O–H groups in total. The number of ether oxygens (including phenoxy) is 1. The molecule has 30 heavy (non-hydrogen) atoms. The molecular weight excluding hydrogens is 384 g/mol. The molecule has 0 saturated carbocycles. The molecule has 1 atom stereocenters. The number of ketones is 1. The third kappa shape index (κ3) is 4.93. The van der Waals surface area contributed by atoms with E-state index >= 15 is 0 Å². The second-order valence-corrected chi connectivity index (χ2v) is 7.76. The van der Waals surface area contributed by atoms with Gasteiger partial charge in [-0.3, -0.25) is 9.59 Å². The van der Waals surface area contributed by atoms with Gasteiger partial charge in [0.25, 0.3) is 5.78 Å². The third-order valence-corrected chi connectivity index (χ3v) is 5.08. The summed E-state index contributed by atoms with van der Waals surface area (Å²) in [6, 6.07) is 15.1. The number of esters is 1. The Morgan fingerprint density at radius 2 is 1.57 bits per heavy atom. The number of hydrazine groups is 1. The van der Waals surface area contributed by atoms with E-state index in [-0.39, 0.29) is 25.0 Å². The molecule has 2 aromatic carbocycles. The summed E-state index contributed by atoms with van der Waals surface area (Å²) >= 11 is 0. The van der Waals surface area contributed by atoms with Crippen LogP contribution in [0.5, 0.6) is 0 Å². The summed E-state index contributed by atoms with van der Waals surface area (Å²) in [7, 11) is 0. The molecule has 0 amide bonds. The van der Waals surface area contributed by atoms with Crippen LogP contribution in [0.3, 0.4) is 0 Å². The maximum Gasteiger partial charge on any atom is 0.376 e. The van der Waals surface area contributed by atoms with Crippen LogP contribution in [0.25, 0.3) is 11.1 Å². The molecule has 0 radical (unpaired) electrons. The van der Waals surface area contributed by atoms with Crippen LogP contribution in [0.15, 0.2) is 48.5 Å². The van der Waals surface area contributed by atoms with Gasteiger partial charge < -0.3 is 9.84 Å². The van der Waals surface area contributed by atoms with Crippen LogP contribution < -0.4 is 10.9 Å². The molecule has 0 unspecified atom stereocenters. The van der Waals surface area contributed by atoms with Crippen LogP contribution in [-0.2, 0) is 19.1 Å². The van der Waals surface area contributed by atoms with Crippen molar-refractivity contribution in [3.05, 3.63) is 59.7 Å². The molecule has 1 aliphatic rings. The van der Waals surface area contributed by atoms with Gasteiger partial charge in [-0.2, -0.15) is 0 Å². The lowest BCUT2D eigenvalue weighted by Crippen LogP contribution is -2.50. The van der Waals surface area contributed by atoms with Crippen LogP contribution in [0.1, 0.15) is 37.3 Å². The molecule has 2 aromatic rings. The number of carbonyl (C=O) groups is 3. The van der Waals surface area contributed by atoms with Crippen molar-refractivity contribution in [3.63, 3.8) is 0 Å². The van der Waals surface area contributed by atoms with E-state index in [4.69, 9.17) is 9.84 Å². The first kappa shape index (κ1) is 21.7. The maximum absolute atomic E-state index is 12.6. The normalized spacial score (nSPS) is 13.6. The Hall–Kier alpha value is -3.03. The van der Waals surface area contributed by atoms with E-state index in [0.717, 1.165) is 22.3 Å². The standard InChI is InChI=1S/C23H26N2O5/c1-14(2)11-20(25-24-12-21(26)27)22(28)23(29)30-13-19-17-9-5-3-7-15(17)16-8-4-6-10-18(16)19/h3-10,14,19-20,24-25H,11-13H2,1-2H3,(H,26,27)/t20-/m0/s1. The Morgan fingerprint density at radius 1 is 1.00 bits per heavy atom. The Bertz CT molecular complexity index is 895. The average molecular weight is 410 g/mol. The van der Waals surface area contributed by atoms with Gasteiger partial charge in [0.05, 0.1) is 6.04 Å². The zero-order chi connectivity index (χ0) is 21.7. The molecule has 3 rings (SSSR count). The highest BCUT2D eigenvalue weighted by molar-refractivity contribution is 6.35. The topological polar surface area (TPSA) is 105 Å². The largest absolute Gasteiger partial charge is 0.480 e. The molecule has 7 heteroatoms. The molecule has 7 nitrogen and oxygen atoms in total. The molecule has 0 aromatic heterocycles. The Kier molecular flexibility index (Phi) is 6.97. The monoisotopic (exact) mass is 410 g/mol. The van der Waals surface area contributed by atoms with Crippen molar-refractivity contribution in [2.24, 2.45) is 5.92 Å². The number of fused-ring (bicyclic) bond motifs is 3. The third-order valence-electron chi connectivity index (χ3n) is 5.08. The Morgan fingerprint density at radius 3 is 2.10 bits per heavy atom. The number of benzene rings is 2. The summed E-state index contributed by atoms with van der Waals surface area (Å²) in [5, 5.41) is 8.74. The zero-order valence-electron chi connectivity index (χ0n) is 17.1. The van der Waals surface area contributed by atoms with Crippen molar-refractivity contribution in [1.82, 2.24) is 10.9 Å². The van der Waals surface area contributed by atoms with Crippen molar-refractivity contribution in [2.45, 2.75) is 32.2 Å². The predicted octanol–water partition coefficient (Wildman–Crippen LogP) is 2.50. The Balaban J connectivity index is 1.68. The van der Waals surface area contributed by atoms with Crippen molar-refractivity contribution < 1.29 is 24.2 Å². The van der Waals surface area contributed by atoms with Gasteiger partial charge in [-0.15, -0.1) is 0 Å². The van der Waals surface area contributed by atoms with Gasteiger partial charge in [0.2, 0.25) is 0 Å². The lowest BCUT2D eigenvalue weighted by molar-refractivity contribution is -0.155. The van der Waals surface area contributed by atoms with E-state index in [1.54, 1.807) is 0 Å². The number of rotatable bonds is 10. The van der Waals surface area contributed by atoms with E-state index in [0.29, 0.717) is 6.42 Å². The molecule has 0 heterocycles. The van der Waals surface area contributed by atoms with Gasteiger partial charge in [-0.05, 0) is 34.6 Å². The highest BCUT2D eigenvalue weighted by Crippen LogP contribution is 2.44. The summed E-state index contributed by atoms with van der Waals surface area (Å²) in [6.45, 7) is 3.52. The molecule has 1 aliphatic carbocycles. The first-order valence-electron chi connectivity index (χ1n) is 9.97. The van der Waals surface area contributed by atoms with E-state index in [9.17, 15) is 14.4 Å². The second kappa shape index (κ2) is 9.65. The summed E-state index contributed by atoms with van der Waals surface area (Å²) < 4.78 is 5.42. The van der Waals surface area contributed by atoms with Gasteiger partial charge in [-0.25, -0.2) is 15.6 Å². The van der Waals surface area contributed by atoms with E-state index < -0.39 is 23.8 Å². The molecule has 0 aliphatic heterocycles. The van der Waals surface area contributed by atoms with Crippen LogP contribution in [0, 0.1) is 5.92 Å². The number of hydrogen-bond acceptors (Lipinski definition) is 6. The van der Waals surface area contributed by atoms with Crippen LogP contribution in [0.4, 0.5) is 0 Å². The minimum atomic E-state index is -1.07. The molecule has 0 spiro atoms. The lowest BCUT2D eigenvalue weighted by Gasteiger charge is -2.19. The summed E-state index contributed by atoms with van der Waals surface area (Å²) in [5.41, 5.74) is 9.47. The van der Waals surface area contributed by atoms with Gasteiger partial charge in [-0.1, -0.05) is 62.4 Å². The smallest absolute Gasteiger partial charge is 0.376 e. The number of carbonyl (C=O) groups excluding carboxylic acids is 2. The van der Waals surface area contributed by atoms with Crippen molar-refractivity contribution in [2.75, 3.05) is 13.2 Å². The number of carboxylic acids is 1. The summed E-state index contributed by atoms with van der Waals surface area (Å²) in [4.78, 5) is 35.8. The maximum atomic E-state index is 12.6. The molecule has 0 saturated heterocycles. The highest BCUT2D eigenvalue weighted by Gasteiger charge is 2.32. The SMILES string of the molecule is CC(C)C[C@H](NNCC(=O)O)C(=O)C(=O)OCC1c2ccccc2-c2ccccc21. The van der Waals surface area contributed by atoms with Crippen LogP contribution >= 0.6 is 0 Å². The average Bonchev–Trinajstić information content (AvgIpc) is 3.04. The Labute approximate surface area is 175 Å². The number of carboxylic acid groups (broad SMARTS) is 1. The predicted molar refractivity (Wildman–Crippen MR) is 112 cm³/mol. The van der Waals surface area contributed by atoms with Crippen molar-refractivity contribution in [3.8, 4) is 11.1 Å². The van der Waals surface area contributed by atoms with Gasteiger partial charge >= 0.3 is 11.9 Å². The fourth-order valence-corrected chi connectivity index (χ4v) is 3.76. The van der Waals surface area contributed by atoms with Gasteiger partial charge in [0.15, 0.2) is 0 Å². The van der Waals surface area contributed by atoms with Crippen LogP contribution in [-0.4, -0.2) is 42.0 Å². The molecule has 0 bridgehead atoms. The second-order valence-electron chi connectivity index (χ2n) is 7.76. The van der Waals surface area contributed by atoms with Gasteiger partial charge in [0, 0.05) is 5.92 Å².